The molecule has 0 fully saturated rings. The zero-order valence-corrected chi connectivity index (χ0v) is 10.8. The molecular formula is C13H25N. The van der Waals surface area contributed by atoms with Crippen LogP contribution in [0.3, 0.4) is 0 Å². The minimum atomic E-state index is 1.04. The van der Waals surface area contributed by atoms with Crippen molar-refractivity contribution in [2.45, 2.75) is 54.9 Å². The highest BCUT2D eigenvalue weighted by molar-refractivity contribution is 5.20. The summed E-state index contributed by atoms with van der Waals surface area (Å²) in [7, 11) is 0. The third-order valence-electron chi connectivity index (χ3n) is 1.68. The Kier molecular flexibility index (Phi) is 11.4. The van der Waals surface area contributed by atoms with Gasteiger partial charge in [-0.3, -0.25) is 4.98 Å². The van der Waals surface area contributed by atoms with Crippen molar-refractivity contribution in [2.24, 2.45) is 0 Å². The van der Waals surface area contributed by atoms with Crippen molar-refractivity contribution >= 4 is 0 Å². The van der Waals surface area contributed by atoms with Gasteiger partial charge >= 0.3 is 0 Å². The van der Waals surface area contributed by atoms with E-state index in [2.05, 4.69) is 31.0 Å². The molecule has 1 rings (SSSR count). The lowest BCUT2D eigenvalue weighted by molar-refractivity contribution is 0.982. The van der Waals surface area contributed by atoms with E-state index in [4.69, 9.17) is 0 Å². The molecule has 0 aliphatic heterocycles. The molecular weight excluding hydrogens is 170 g/mol. The molecule has 1 aromatic rings. The number of aryl methyl sites for hydroxylation is 3. The second-order valence-electron chi connectivity index (χ2n) is 2.57. The minimum Gasteiger partial charge on any atom is -0.258 e. The fourth-order valence-corrected chi connectivity index (χ4v) is 1.04. The standard InChI is InChI=1S/C9H13N.2C2H6/c1-4-9-7(2)5-6-8(3)10-9;2*1-2/h5-6H,4H2,1-3H3;2*1-2H3. The highest BCUT2D eigenvalue weighted by atomic mass is 14.7. The van der Waals surface area contributed by atoms with Gasteiger partial charge in [-0.25, -0.2) is 0 Å². The van der Waals surface area contributed by atoms with Crippen LogP contribution in [0.2, 0.25) is 0 Å². The Labute approximate surface area is 89.6 Å². The summed E-state index contributed by atoms with van der Waals surface area (Å²) < 4.78 is 0. The maximum Gasteiger partial charge on any atom is 0.0433 e. The topological polar surface area (TPSA) is 12.9 Å². The van der Waals surface area contributed by atoms with Crippen LogP contribution in [0.25, 0.3) is 0 Å². The highest BCUT2D eigenvalue weighted by Crippen LogP contribution is 2.05. The lowest BCUT2D eigenvalue weighted by atomic mass is 10.1. The predicted molar refractivity (Wildman–Crippen MR) is 65.8 cm³/mol. The number of pyridine rings is 1. The summed E-state index contributed by atoms with van der Waals surface area (Å²) in [5.74, 6) is 0. The lowest BCUT2D eigenvalue weighted by Crippen LogP contribution is -1.92. The molecule has 0 N–H and O–H groups in total. The Balaban J connectivity index is 0. The fraction of sp³-hybridized carbons (Fsp3) is 0.615. The molecule has 0 aromatic carbocycles. The van der Waals surface area contributed by atoms with Crippen LogP contribution in [0.4, 0.5) is 0 Å². The Morgan fingerprint density at radius 3 is 1.86 bits per heavy atom. The smallest absolute Gasteiger partial charge is 0.0433 e. The van der Waals surface area contributed by atoms with E-state index in [1.165, 1.54) is 11.3 Å². The second-order valence-corrected chi connectivity index (χ2v) is 2.57. The molecule has 82 valence electrons. The SMILES string of the molecule is CC.CC.CCc1nc(C)ccc1C. The lowest BCUT2D eigenvalue weighted by Gasteiger charge is -2.01. The first-order valence-corrected chi connectivity index (χ1v) is 5.67. The molecule has 0 bridgehead atoms. The van der Waals surface area contributed by atoms with Gasteiger partial charge in [-0.1, -0.05) is 40.7 Å². The average Bonchev–Trinajstić information content (AvgIpc) is 2.27. The van der Waals surface area contributed by atoms with Crippen LogP contribution in [0, 0.1) is 13.8 Å². The third-order valence-corrected chi connectivity index (χ3v) is 1.68. The van der Waals surface area contributed by atoms with E-state index in [0.29, 0.717) is 0 Å². The molecule has 0 radical (unpaired) electrons. The van der Waals surface area contributed by atoms with Crippen molar-refractivity contribution in [3.8, 4) is 0 Å². The first-order valence-electron chi connectivity index (χ1n) is 5.67. The largest absolute Gasteiger partial charge is 0.258 e. The Morgan fingerprint density at radius 2 is 1.50 bits per heavy atom. The van der Waals surface area contributed by atoms with Crippen LogP contribution in [0.15, 0.2) is 12.1 Å². The monoisotopic (exact) mass is 195 g/mol. The van der Waals surface area contributed by atoms with Crippen molar-refractivity contribution < 1.29 is 0 Å². The van der Waals surface area contributed by atoms with Crippen LogP contribution in [0.1, 0.15) is 51.6 Å². The molecule has 0 saturated carbocycles. The van der Waals surface area contributed by atoms with Gasteiger partial charge in [0.25, 0.3) is 0 Å². The maximum atomic E-state index is 4.39. The summed E-state index contributed by atoms with van der Waals surface area (Å²) >= 11 is 0. The zero-order chi connectivity index (χ0) is 11.6. The first-order chi connectivity index (χ1) is 6.74. The molecule has 1 heteroatoms. The predicted octanol–water partition coefficient (Wildman–Crippen LogP) is 4.31. The zero-order valence-electron chi connectivity index (χ0n) is 10.8. The van der Waals surface area contributed by atoms with Gasteiger partial charge in [-0.15, -0.1) is 0 Å². The highest BCUT2D eigenvalue weighted by Gasteiger charge is 1.95. The fourth-order valence-electron chi connectivity index (χ4n) is 1.04. The Morgan fingerprint density at radius 1 is 1.00 bits per heavy atom. The van der Waals surface area contributed by atoms with E-state index in [1.807, 2.05) is 34.6 Å². The van der Waals surface area contributed by atoms with Gasteiger partial charge in [0.2, 0.25) is 0 Å². The van der Waals surface area contributed by atoms with E-state index in [9.17, 15) is 0 Å². The van der Waals surface area contributed by atoms with Crippen LogP contribution in [-0.4, -0.2) is 4.98 Å². The number of hydrogen-bond donors (Lipinski definition) is 0. The first kappa shape index (κ1) is 15.6. The van der Waals surface area contributed by atoms with Gasteiger partial charge in [-0.2, -0.15) is 0 Å². The normalized spacial score (nSPS) is 7.93. The van der Waals surface area contributed by atoms with Crippen LogP contribution < -0.4 is 0 Å². The number of nitrogens with zero attached hydrogens (tertiary/aromatic N) is 1. The van der Waals surface area contributed by atoms with E-state index in [-0.39, 0.29) is 0 Å². The Hall–Kier alpha value is -0.850. The molecule has 0 aliphatic carbocycles. The number of aromatic nitrogens is 1. The molecule has 0 spiro atoms. The van der Waals surface area contributed by atoms with E-state index >= 15 is 0 Å². The summed E-state index contributed by atoms with van der Waals surface area (Å²) in [6.45, 7) is 14.3. The van der Waals surface area contributed by atoms with Gasteiger partial charge in [0, 0.05) is 11.4 Å². The van der Waals surface area contributed by atoms with Crippen LogP contribution in [0.5, 0.6) is 0 Å². The molecule has 1 nitrogen and oxygen atoms in total. The van der Waals surface area contributed by atoms with Crippen LogP contribution >= 0.6 is 0 Å². The number of hydrogen-bond acceptors (Lipinski definition) is 1. The summed E-state index contributed by atoms with van der Waals surface area (Å²) in [6.07, 6.45) is 1.04. The third kappa shape index (κ3) is 5.74. The van der Waals surface area contributed by atoms with Crippen molar-refractivity contribution in [1.82, 2.24) is 4.98 Å². The van der Waals surface area contributed by atoms with Crippen molar-refractivity contribution in [1.29, 1.82) is 0 Å². The molecule has 1 aromatic heterocycles. The molecule has 0 saturated heterocycles. The van der Waals surface area contributed by atoms with Crippen molar-refractivity contribution in [3.63, 3.8) is 0 Å². The Bertz CT molecular complexity index is 229. The van der Waals surface area contributed by atoms with E-state index in [1.54, 1.807) is 0 Å². The summed E-state index contributed by atoms with van der Waals surface area (Å²) in [6, 6.07) is 4.18. The van der Waals surface area contributed by atoms with Gasteiger partial charge in [0.05, 0.1) is 0 Å². The summed E-state index contributed by atoms with van der Waals surface area (Å²) in [5, 5.41) is 0. The van der Waals surface area contributed by atoms with Gasteiger partial charge in [0.1, 0.15) is 0 Å². The van der Waals surface area contributed by atoms with Gasteiger partial charge < -0.3 is 0 Å². The quantitative estimate of drug-likeness (QED) is 0.650. The molecule has 0 amide bonds. The van der Waals surface area contributed by atoms with E-state index in [0.717, 1.165) is 12.1 Å². The summed E-state index contributed by atoms with van der Waals surface area (Å²) in [5.41, 5.74) is 3.63. The van der Waals surface area contributed by atoms with Gasteiger partial charge in [-0.05, 0) is 31.9 Å². The van der Waals surface area contributed by atoms with Gasteiger partial charge in [0.15, 0.2) is 0 Å². The second kappa shape index (κ2) is 10.2. The molecule has 0 atom stereocenters. The summed E-state index contributed by atoms with van der Waals surface area (Å²) in [4.78, 5) is 4.39. The average molecular weight is 195 g/mol. The molecule has 1 heterocycles. The molecule has 0 aliphatic rings. The van der Waals surface area contributed by atoms with Crippen molar-refractivity contribution in [2.75, 3.05) is 0 Å². The molecule has 14 heavy (non-hydrogen) atoms. The maximum absolute atomic E-state index is 4.39. The van der Waals surface area contributed by atoms with Crippen molar-refractivity contribution in [3.05, 3.63) is 29.1 Å². The molecule has 0 unspecified atom stereocenters. The number of rotatable bonds is 1. The van der Waals surface area contributed by atoms with Crippen LogP contribution in [-0.2, 0) is 6.42 Å². The van der Waals surface area contributed by atoms with E-state index < -0.39 is 0 Å². The minimum absolute atomic E-state index is 1.04.